The summed E-state index contributed by atoms with van der Waals surface area (Å²) in [5.74, 6) is 0.248. The van der Waals surface area contributed by atoms with Crippen molar-refractivity contribution < 1.29 is 18.7 Å². The molecule has 0 radical (unpaired) electrons. The van der Waals surface area contributed by atoms with E-state index in [0.717, 1.165) is 16.9 Å². The lowest BCUT2D eigenvalue weighted by atomic mass is 10.1. The third-order valence-corrected chi connectivity index (χ3v) is 5.41. The molecule has 1 aliphatic rings. The van der Waals surface area contributed by atoms with E-state index in [4.69, 9.17) is 4.74 Å². The minimum atomic E-state index is -0.337. The molecule has 3 aromatic rings. The van der Waals surface area contributed by atoms with E-state index in [9.17, 15) is 14.0 Å². The highest BCUT2D eigenvalue weighted by Crippen LogP contribution is 2.21. The van der Waals surface area contributed by atoms with Crippen LogP contribution in [0, 0.1) is 11.7 Å². The molecule has 32 heavy (non-hydrogen) atoms. The van der Waals surface area contributed by atoms with Crippen molar-refractivity contribution in [1.29, 1.82) is 0 Å². The normalized spacial score (nSPS) is 15.8. The highest BCUT2D eigenvalue weighted by atomic mass is 19.1. The highest BCUT2D eigenvalue weighted by Gasteiger charge is 2.30. The summed E-state index contributed by atoms with van der Waals surface area (Å²) in [6, 6.07) is 13.7. The summed E-state index contributed by atoms with van der Waals surface area (Å²) in [4.78, 5) is 26.6. The molecule has 1 unspecified atom stereocenters. The van der Waals surface area contributed by atoms with Crippen LogP contribution in [-0.2, 0) is 17.9 Å². The smallest absolute Gasteiger partial charge is 0.273 e. The quantitative estimate of drug-likeness (QED) is 0.584. The lowest BCUT2D eigenvalue weighted by Gasteiger charge is -2.17. The average molecular weight is 437 g/mol. The molecule has 166 valence electrons. The molecule has 1 aromatic heterocycles. The molecule has 1 fully saturated rings. The predicted molar refractivity (Wildman–Crippen MR) is 114 cm³/mol. The Balaban J connectivity index is 1.26. The number of carbonyl (C=O) groups is 2. The number of carbonyl (C=O) groups excluding carboxylic acids is 2. The van der Waals surface area contributed by atoms with E-state index >= 15 is 0 Å². The van der Waals surface area contributed by atoms with Crippen molar-refractivity contribution in [2.45, 2.75) is 19.5 Å². The van der Waals surface area contributed by atoms with Crippen LogP contribution in [0.1, 0.15) is 28.0 Å². The van der Waals surface area contributed by atoms with Gasteiger partial charge < -0.3 is 15.0 Å². The van der Waals surface area contributed by atoms with Crippen LogP contribution < -0.4 is 10.1 Å². The number of rotatable bonds is 8. The van der Waals surface area contributed by atoms with Crippen molar-refractivity contribution in [1.82, 2.24) is 25.2 Å². The fourth-order valence-electron chi connectivity index (χ4n) is 3.68. The first-order chi connectivity index (χ1) is 15.5. The first-order valence-electron chi connectivity index (χ1n) is 10.3. The molecule has 1 saturated heterocycles. The number of hydrogen-bond acceptors (Lipinski definition) is 5. The molecule has 0 bridgehead atoms. The van der Waals surface area contributed by atoms with E-state index in [1.807, 2.05) is 24.3 Å². The monoisotopic (exact) mass is 437 g/mol. The summed E-state index contributed by atoms with van der Waals surface area (Å²) in [7, 11) is 1.62. The van der Waals surface area contributed by atoms with E-state index in [1.165, 1.54) is 16.8 Å². The number of halogens is 1. The molecule has 0 saturated carbocycles. The molecule has 1 atom stereocenters. The number of methoxy groups -OCH3 is 1. The van der Waals surface area contributed by atoms with Crippen molar-refractivity contribution in [2.75, 3.05) is 20.2 Å². The Morgan fingerprint density at radius 1 is 1.12 bits per heavy atom. The molecule has 0 aliphatic carbocycles. The van der Waals surface area contributed by atoms with E-state index in [2.05, 4.69) is 15.6 Å². The van der Waals surface area contributed by atoms with Crippen LogP contribution in [0.2, 0.25) is 0 Å². The molecule has 2 aromatic carbocycles. The second-order valence-corrected chi connectivity index (χ2v) is 7.83. The number of hydrogen-bond donors (Lipinski definition) is 1. The Labute approximate surface area is 185 Å². The Morgan fingerprint density at radius 3 is 2.53 bits per heavy atom. The van der Waals surface area contributed by atoms with Crippen molar-refractivity contribution in [3.8, 4) is 5.75 Å². The fourth-order valence-corrected chi connectivity index (χ4v) is 3.68. The van der Waals surface area contributed by atoms with Crippen LogP contribution >= 0.6 is 0 Å². The second-order valence-electron chi connectivity index (χ2n) is 7.83. The summed E-state index contributed by atoms with van der Waals surface area (Å²) >= 11 is 0. The maximum Gasteiger partial charge on any atom is 0.273 e. The third-order valence-electron chi connectivity index (χ3n) is 5.41. The number of nitrogens with zero attached hydrogens (tertiary/aromatic N) is 4. The maximum atomic E-state index is 13.0. The number of nitrogens with one attached hydrogen (secondary N) is 1. The zero-order valence-electron chi connectivity index (χ0n) is 17.7. The van der Waals surface area contributed by atoms with Crippen molar-refractivity contribution in [3.63, 3.8) is 0 Å². The van der Waals surface area contributed by atoms with Gasteiger partial charge in [0.2, 0.25) is 5.91 Å². The number of benzene rings is 2. The van der Waals surface area contributed by atoms with Gasteiger partial charge in [0.1, 0.15) is 11.6 Å². The lowest BCUT2D eigenvalue weighted by molar-refractivity contribution is -0.128. The van der Waals surface area contributed by atoms with Gasteiger partial charge in [0.05, 0.1) is 19.9 Å². The minimum absolute atomic E-state index is 0.0407. The van der Waals surface area contributed by atoms with Crippen LogP contribution in [0.25, 0.3) is 0 Å². The summed E-state index contributed by atoms with van der Waals surface area (Å²) in [5.41, 5.74) is 2.08. The molecular weight excluding hydrogens is 413 g/mol. The van der Waals surface area contributed by atoms with Crippen LogP contribution in [0.5, 0.6) is 5.75 Å². The first-order valence-corrected chi connectivity index (χ1v) is 10.3. The Kier molecular flexibility index (Phi) is 6.44. The number of amides is 2. The van der Waals surface area contributed by atoms with Gasteiger partial charge in [-0.3, -0.25) is 9.59 Å². The van der Waals surface area contributed by atoms with Gasteiger partial charge in [-0.05, 0) is 35.4 Å². The van der Waals surface area contributed by atoms with Gasteiger partial charge in [0, 0.05) is 32.0 Å². The molecular formula is C23H24FN5O3. The van der Waals surface area contributed by atoms with Crippen LogP contribution in [0.4, 0.5) is 4.39 Å². The summed E-state index contributed by atoms with van der Waals surface area (Å²) in [5, 5.41) is 10.7. The maximum absolute atomic E-state index is 13.0. The third kappa shape index (κ3) is 5.29. The minimum Gasteiger partial charge on any atom is -0.497 e. The van der Waals surface area contributed by atoms with Gasteiger partial charge in [0.25, 0.3) is 5.91 Å². The van der Waals surface area contributed by atoms with Crippen molar-refractivity contribution >= 4 is 11.8 Å². The first kappa shape index (κ1) is 21.5. The average Bonchev–Trinajstić information content (AvgIpc) is 3.41. The van der Waals surface area contributed by atoms with Crippen molar-refractivity contribution in [2.24, 2.45) is 5.92 Å². The van der Waals surface area contributed by atoms with Gasteiger partial charge in [0.15, 0.2) is 5.69 Å². The topological polar surface area (TPSA) is 89.3 Å². The SMILES string of the molecule is COc1ccc(CN2CC(CNC(=O)c3cn(Cc4ccc(F)cc4)nn3)CC2=O)cc1. The van der Waals surface area contributed by atoms with Crippen LogP contribution in [0.3, 0.4) is 0 Å². The molecule has 1 aliphatic heterocycles. The van der Waals surface area contributed by atoms with Gasteiger partial charge in [-0.25, -0.2) is 9.07 Å². The largest absolute Gasteiger partial charge is 0.497 e. The molecule has 0 spiro atoms. The van der Waals surface area contributed by atoms with E-state index < -0.39 is 0 Å². The number of aromatic nitrogens is 3. The Bertz CT molecular complexity index is 1080. The Hall–Kier alpha value is -3.75. The van der Waals surface area contributed by atoms with E-state index in [0.29, 0.717) is 32.6 Å². The van der Waals surface area contributed by atoms with E-state index in [1.54, 1.807) is 30.3 Å². The van der Waals surface area contributed by atoms with Gasteiger partial charge in [-0.2, -0.15) is 0 Å². The van der Waals surface area contributed by atoms with Crippen LogP contribution in [-0.4, -0.2) is 51.9 Å². The standard InChI is InChI=1S/C23H24FN5O3/c1-32-20-8-4-16(5-9-20)12-28-13-18(10-22(28)30)11-25-23(31)21-15-29(27-26-21)14-17-2-6-19(24)7-3-17/h2-9,15,18H,10-14H2,1H3,(H,25,31). The molecule has 2 heterocycles. The Morgan fingerprint density at radius 2 is 1.81 bits per heavy atom. The summed E-state index contributed by atoms with van der Waals surface area (Å²) < 4.78 is 19.7. The molecule has 8 nitrogen and oxygen atoms in total. The second kappa shape index (κ2) is 9.59. The van der Waals surface area contributed by atoms with Gasteiger partial charge >= 0.3 is 0 Å². The molecule has 4 rings (SSSR count). The van der Waals surface area contributed by atoms with Gasteiger partial charge in [-0.1, -0.05) is 29.5 Å². The molecule has 1 N–H and O–H groups in total. The molecule has 9 heteroatoms. The highest BCUT2D eigenvalue weighted by molar-refractivity contribution is 5.91. The van der Waals surface area contributed by atoms with Crippen LogP contribution in [0.15, 0.2) is 54.7 Å². The summed E-state index contributed by atoms with van der Waals surface area (Å²) in [6.45, 7) is 1.89. The van der Waals surface area contributed by atoms with Crippen molar-refractivity contribution in [3.05, 3.63) is 77.4 Å². The predicted octanol–water partition coefficient (Wildman–Crippen LogP) is 2.25. The zero-order chi connectivity index (χ0) is 22.5. The lowest BCUT2D eigenvalue weighted by Crippen LogP contribution is -2.31. The summed E-state index contributed by atoms with van der Waals surface area (Å²) in [6.07, 6.45) is 1.95. The zero-order valence-corrected chi connectivity index (χ0v) is 17.7. The van der Waals surface area contributed by atoms with E-state index in [-0.39, 0.29) is 29.2 Å². The number of likely N-dealkylation sites (tertiary alicyclic amines) is 1. The van der Waals surface area contributed by atoms with Gasteiger partial charge in [-0.15, -0.1) is 5.10 Å². The fraction of sp³-hybridized carbons (Fsp3) is 0.304. The number of ether oxygens (including phenoxy) is 1. The molecule has 2 amide bonds.